The number of benzene rings is 1. The second-order valence-corrected chi connectivity index (χ2v) is 4.35. The summed E-state index contributed by atoms with van der Waals surface area (Å²) in [4.78, 5) is 33.1. The van der Waals surface area contributed by atoms with Crippen molar-refractivity contribution in [3.63, 3.8) is 0 Å². The van der Waals surface area contributed by atoms with E-state index in [2.05, 4.69) is 0 Å². The summed E-state index contributed by atoms with van der Waals surface area (Å²) in [6.45, 7) is -0.465. The number of halogens is 3. The molecular weight excluding hydrogens is 318 g/mol. The molecule has 0 saturated heterocycles. The second-order valence-electron chi connectivity index (χ2n) is 3.25. The van der Waals surface area contributed by atoms with Crippen LogP contribution in [0.4, 0.5) is 0 Å². The van der Waals surface area contributed by atoms with Gasteiger partial charge >= 0.3 is 0 Å². The molecule has 0 atom stereocenters. The molecule has 0 aromatic heterocycles. The van der Waals surface area contributed by atoms with E-state index in [1.165, 1.54) is 19.2 Å². The topological polar surface area (TPSA) is 69.7 Å². The first-order valence-electron chi connectivity index (χ1n) is 4.79. The van der Waals surface area contributed by atoms with E-state index in [-0.39, 0.29) is 22.6 Å². The molecule has 5 nitrogen and oxygen atoms in total. The largest absolute Gasteiger partial charge is 0.492 e. The van der Waals surface area contributed by atoms with Crippen LogP contribution in [0.15, 0.2) is 12.1 Å². The van der Waals surface area contributed by atoms with Gasteiger partial charge in [0, 0.05) is 5.56 Å². The molecule has 0 amide bonds. The van der Waals surface area contributed by atoms with Crippen molar-refractivity contribution in [3.8, 4) is 11.5 Å². The molecule has 0 unspecified atom stereocenters. The molecule has 0 aliphatic carbocycles. The Morgan fingerprint density at radius 3 is 2.16 bits per heavy atom. The standard InChI is InChI=1S/C11H7Cl3O5/c1-18-9-6(11(14)17)2-5(10(13)16)3-7(9)19-4-8(12)15/h2-3H,4H2,1H3. The third-order valence-electron chi connectivity index (χ3n) is 2.04. The Labute approximate surface area is 123 Å². The van der Waals surface area contributed by atoms with Crippen LogP contribution in [0.2, 0.25) is 0 Å². The lowest BCUT2D eigenvalue weighted by Gasteiger charge is -2.13. The van der Waals surface area contributed by atoms with Crippen LogP contribution in [-0.4, -0.2) is 29.4 Å². The van der Waals surface area contributed by atoms with E-state index in [1.54, 1.807) is 0 Å². The number of hydrogen-bond acceptors (Lipinski definition) is 5. The first-order valence-corrected chi connectivity index (χ1v) is 5.93. The van der Waals surface area contributed by atoms with Crippen molar-refractivity contribution in [1.29, 1.82) is 0 Å². The fourth-order valence-electron chi connectivity index (χ4n) is 1.31. The first kappa shape index (κ1) is 15.8. The van der Waals surface area contributed by atoms with Crippen molar-refractivity contribution in [1.82, 2.24) is 0 Å². The van der Waals surface area contributed by atoms with Crippen LogP contribution in [0.5, 0.6) is 11.5 Å². The molecule has 0 aliphatic rings. The highest BCUT2D eigenvalue weighted by atomic mass is 35.5. The Morgan fingerprint density at radius 1 is 1.11 bits per heavy atom. The van der Waals surface area contributed by atoms with Crippen LogP contribution in [-0.2, 0) is 4.79 Å². The normalized spacial score (nSPS) is 9.89. The van der Waals surface area contributed by atoms with Gasteiger partial charge in [-0.05, 0) is 46.9 Å². The fraction of sp³-hybridized carbons (Fsp3) is 0.182. The fourth-order valence-corrected chi connectivity index (χ4v) is 1.62. The first-order chi connectivity index (χ1) is 8.86. The third-order valence-corrected chi connectivity index (χ3v) is 2.57. The summed E-state index contributed by atoms with van der Waals surface area (Å²) in [6.07, 6.45) is 0. The van der Waals surface area contributed by atoms with Gasteiger partial charge in [-0.2, -0.15) is 0 Å². The summed E-state index contributed by atoms with van der Waals surface area (Å²) in [6, 6.07) is 2.39. The maximum absolute atomic E-state index is 11.3. The van der Waals surface area contributed by atoms with Gasteiger partial charge in [0.15, 0.2) is 18.1 Å². The van der Waals surface area contributed by atoms with Crippen LogP contribution in [0.3, 0.4) is 0 Å². The van der Waals surface area contributed by atoms with Crippen LogP contribution in [0.25, 0.3) is 0 Å². The Morgan fingerprint density at radius 2 is 1.74 bits per heavy atom. The molecule has 0 radical (unpaired) electrons. The molecule has 0 N–H and O–H groups in total. The SMILES string of the molecule is COc1c(OCC(=O)Cl)cc(C(=O)Cl)cc1C(=O)Cl. The molecule has 0 aliphatic heterocycles. The van der Waals surface area contributed by atoms with Gasteiger partial charge in [-0.25, -0.2) is 0 Å². The molecule has 102 valence electrons. The van der Waals surface area contributed by atoms with Gasteiger partial charge in [0.2, 0.25) is 0 Å². The van der Waals surface area contributed by atoms with Crippen molar-refractivity contribution in [2.45, 2.75) is 0 Å². The minimum Gasteiger partial charge on any atom is -0.492 e. The monoisotopic (exact) mass is 324 g/mol. The lowest BCUT2D eigenvalue weighted by atomic mass is 10.1. The van der Waals surface area contributed by atoms with Crippen LogP contribution in [0, 0.1) is 0 Å². The highest BCUT2D eigenvalue weighted by molar-refractivity contribution is 6.69. The summed E-state index contributed by atoms with van der Waals surface area (Å²) >= 11 is 15.8. The van der Waals surface area contributed by atoms with Gasteiger partial charge in [-0.3, -0.25) is 14.4 Å². The molecule has 8 heteroatoms. The molecule has 0 saturated carbocycles. The van der Waals surface area contributed by atoms with Crippen molar-refractivity contribution in [3.05, 3.63) is 23.3 Å². The average Bonchev–Trinajstić information content (AvgIpc) is 2.34. The summed E-state index contributed by atoms with van der Waals surface area (Å²) in [5.41, 5.74) is -0.129. The molecular formula is C11H7Cl3O5. The lowest BCUT2D eigenvalue weighted by molar-refractivity contribution is -0.113. The maximum Gasteiger partial charge on any atom is 0.259 e. The predicted molar refractivity (Wildman–Crippen MR) is 69.7 cm³/mol. The zero-order valence-corrected chi connectivity index (χ0v) is 11.8. The maximum atomic E-state index is 11.3. The van der Waals surface area contributed by atoms with Crippen molar-refractivity contribution in [2.24, 2.45) is 0 Å². The number of methoxy groups -OCH3 is 1. The van der Waals surface area contributed by atoms with Crippen LogP contribution < -0.4 is 9.47 Å². The minimum atomic E-state index is -0.862. The van der Waals surface area contributed by atoms with Gasteiger partial charge in [0.25, 0.3) is 15.7 Å². The van der Waals surface area contributed by atoms with E-state index < -0.39 is 22.3 Å². The average molecular weight is 326 g/mol. The smallest absolute Gasteiger partial charge is 0.259 e. The molecule has 0 fully saturated rings. The molecule has 1 rings (SSSR count). The summed E-state index contributed by atoms with van der Waals surface area (Å²) < 4.78 is 10.0. The van der Waals surface area contributed by atoms with E-state index in [0.717, 1.165) is 0 Å². The Hall–Kier alpha value is -1.30. The summed E-state index contributed by atoms with van der Waals surface area (Å²) in [5, 5.41) is -2.44. The number of ether oxygens (including phenoxy) is 2. The number of carbonyl (C=O) groups is 3. The Balaban J connectivity index is 3.35. The molecule has 0 heterocycles. The molecule has 19 heavy (non-hydrogen) atoms. The zero-order chi connectivity index (χ0) is 14.6. The Bertz CT molecular complexity index is 541. The van der Waals surface area contributed by atoms with Crippen molar-refractivity contribution >= 4 is 50.5 Å². The number of rotatable bonds is 6. The molecule has 1 aromatic rings. The summed E-state index contributed by atoms with van der Waals surface area (Å²) in [7, 11) is 1.27. The van der Waals surface area contributed by atoms with Gasteiger partial charge < -0.3 is 9.47 Å². The third kappa shape index (κ3) is 4.09. The van der Waals surface area contributed by atoms with Crippen LogP contribution >= 0.6 is 34.8 Å². The predicted octanol–water partition coefficient (Wildman–Crippen LogP) is 2.60. The van der Waals surface area contributed by atoms with Gasteiger partial charge in [-0.1, -0.05) is 0 Å². The quantitative estimate of drug-likeness (QED) is 0.752. The Kier molecular flexibility index (Phi) is 5.60. The number of carbonyl (C=O) groups excluding carboxylic acids is 3. The van der Waals surface area contributed by atoms with Crippen molar-refractivity contribution in [2.75, 3.05) is 13.7 Å². The van der Waals surface area contributed by atoms with E-state index in [1.807, 2.05) is 0 Å². The van der Waals surface area contributed by atoms with Gasteiger partial charge in [0.05, 0.1) is 12.7 Å². The minimum absolute atomic E-state index is 0.0143. The van der Waals surface area contributed by atoms with E-state index in [4.69, 9.17) is 44.3 Å². The lowest BCUT2D eigenvalue weighted by Crippen LogP contribution is -2.08. The van der Waals surface area contributed by atoms with Crippen molar-refractivity contribution < 1.29 is 23.9 Å². The van der Waals surface area contributed by atoms with E-state index >= 15 is 0 Å². The van der Waals surface area contributed by atoms with Gasteiger partial charge in [-0.15, -0.1) is 0 Å². The highest BCUT2D eigenvalue weighted by Gasteiger charge is 2.20. The highest BCUT2D eigenvalue weighted by Crippen LogP contribution is 2.34. The van der Waals surface area contributed by atoms with Gasteiger partial charge in [0.1, 0.15) is 0 Å². The van der Waals surface area contributed by atoms with Crippen LogP contribution in [0.1, 0.15) is 20.7 Å². The second kappa shape index (κ2) is 6.75. The number of hydrogen-bond donors (Lipinski definition) is 0. The zero-order valence-electron chi connectivity index (χ0n) is 9.54. The molecule has 1 aromatic carbocycles. The molecule has 0 bridgehead atoms. The molecule has 0 spiro atoms. The summed E-state index contributed by atoms with van der Waals surface area (Å²) in [5.74, 6) is -0.0495. The van der Waals surface area contributed by atoms with E-state index in [9.17, 15) is 14.4 Å². The van der Waals surface area contributed by atoms with E-state index in [0.29, 0.717) is 0 Å².